The molecule has 0 bridgehead atoms. The number of hydrogen-bond donors (Lipinski definition) is 1. The van der Waals surface area contributed by atoms with E-state index in [-0.39, 0.29) is 17.7 Å². The zero-order chi connectivity index (χ0) is 18.7. The SMILES string of the molecule is CC1CCN(C(=O)C2CCC(C(=O)Nc3ccc(Cl)c(Cl)c3)CC2)CC1. The van der Waals surface area contributed by atoms with Gasteiger partial charge in [-0.3, -0.25) is 9.59 Å². The van der Waals surface area contributed by atoms with Crippen molar-refractivity contribution in [3.8, 4) is 0 Å². The lowest BCUT2D eigenvalue weighted by Crippen LogP contribution is -2.42. The molecule has 0 unspecified atom stereocenters. The Labute approximate surface area is 165 Å². The Kier molecular flexibility index (Phi) is 6.46. The van der Waals surface area contributed by atoms with E-state index in [2.05, 4.69) is 12.2 Å². The zero-order valence-corrected chi connectivity index (χ0v) is 16.7. The Morgan fingerprint density at radius 2 is 1.58 bits per heavy atom. The minimum atomic E-state index is -0.0464. The molecule has 2 amide bonds. The third-order valence-corrected chi connectivity index (χ3v) is 6.47. The molecule has 2 fully saturated rings. The van der Waals surface area contributed by atoms with E-state index < -0.39 is 0 Å². The summed E-state index contributed by atoms with van der Waals surface area (Å²) in [5.41, 5.74) is 0.657. The van der Waals surface area contributed by atoms with Crippen molar-refractivity contribution >= 4 is 40.7 Å². The summed E-state index contributed by atoms with van der Waals surface area (Å²) in [6, 6.07) is 5.08. The average molecular weight is 397 g/mol. The molecule has 142 valence electrons. The van der Waals surface area contributed by atoms with E-state index in [9.17, 15) is 9.59 Å². The van der Waals surface area contributed by atoms with Gasteiger partial charge < -0.3 is 10.2 Å². The molecule has 3 rings (SSSR count). The fourth-order valence-electron chi connectivity index (χ4n) is 3.91. The second-order valence-corrected chi connectivity index (χ2v) is 8.49. The molecule has 1 aliphatic heterocycles. The Bertz CT molecular complexity index is 664. The number of carbonyl (C=O) groups is 2. The van der Waals surface area contributed by atoms with Gasteiger partial charge in [0, 0.05) is 30.6 Å². The van der Waals surface area contributed by atoms with Gasteiger partial charge in [-0.2, -0.15) is 0 Å². The lowest BCUT2D eigenvalue weighted by Gasteiger charge is -2.35. The van der Waals surface area contributed by atoms with Crippen LogP contribution < -0.4 is 5.32 Å². The number of anilines is 1. The number of piperidine rings is 1. The van der Waals surface area contributed by atoms with Gasteiger partial charge in [0.25, 0.3) is 0 Å². The monoisotopic (exact) mass is 396 g/mol. The van der Waals surface area contributed by atoms with Gasteiger partial charge in [0.2, 0.25) is 11.8 Å². The van der Waals surface area contributed by atoms with Crippen LogP contribution in [-0.2, 0) is 9.59 Å². The fourth-order valence-corrected chi connectivity index (χ4v) is 4.21. The maximum atomic E-state index is 12.7. The Morgan fingerprint density at radius 1 is 0.962 bits per heavy atom. The molecule has 1 aromatic rings. The summed E-state index contributed by atoms with van der Waals surface area (Å²) in [7, 11) is 0. The van der Waals surface area contributed by atoms with Crippen LogP contribution >= 0.6 is 23.2 Å². The molecular formula is C20H26Cl2N2O2. The van der Waals surface area contributed by atoms with Crippen molar-refractivity contribution in [2.45, 2.75) is 45.4 Å². The third-order valence-electron chi connectivity index (χ3n) is 5.73. The topological polar surface area (TPSA) is 49.4 Å². The second-order valence-electron chi connectivity index (χ2n) is 7.67. The fraction of sp³-hybridized carbons (Fsp3) is 0.600. The second kappa shape index (κ2) is 8.62. The summed E-state index contributed by atoms with van der Waals surface area (Å²) in [5, 5.41) is 3.81. The van der Waals surface area contributed by atoms with Gasteiger partial charge in [-0.15, -0.1) is 0 Å². The van der Waals surface area contributed by atoms with Crippen molar-refractivity contribution in [1.82, 2.24) is 4.90 Å². The minimum absolute atomic E-state index is 0.00100. The molecule has 2 aliphatic rings. The van der Waals surface area contributed by atoms with Crippen molar-refractivity contribution in [3.05, 3.63) is 28.2 Å². The molecule has 1 heterocycles. The molecule has 1 aliphatic carbocycles. The highest BCUT2D eigenvalue weighted by Crippen LogP contribution is 2.32. The Morgan fingerprint density at radius 3 is 2.19 bits per heavy atom. The lowest BCUT2D eigenvalue weighted by atomic mass is 9.80. The van der Waals surface area contributed by atoms with Crippen molar-refractivity contribution < 1.29 is 9.59 Å². The van der Waals surface area contributed by atoms with Gasteiger partial charge in [-0.1, -0.05) is 30.1 Å². The number of rotatable bonds is 3. The molecule has 6 heteroatoms. The average Bonchev–Trinajstić information content (AvgIpc) is 2.65. The zero-order valence-electron chi connectivity index (χ0n) is 15.1. The van der Waals surface area contributed by atoms with E-state index in [1.165, 1.54) is 0 Å². The quantitative estimate of drug-likeness (QED) is 0.781. The van der Waals surface area contributed by atoms with Gasteiger partial charge in [0.05, 0.1) is 10.0 Å². The van der Waals surface area contributed by atoms with E-state index in [1.807, 2.05) is 4.90 Å². The van der Waals surface area contributed by atoms with Crippen LogP contribution in [0.3, 0.4) is 0 Å². The molecule has 0 atom stereocenters. The van der Waals surface area contributed by atoms with Crippen molar-refractivity contribution in [2.24, 2.45) is 17.8 Å². The molecule has 1 saturated heterocycles. The van der Waals surface area contributed by atoms with Gasteiger partial charge in [0.1, 0.15) is 0 Å². The highest BCUT2D eigenvalue weighted by Gasteiger charge is 2.33. The van der Waals surface area contributed by atoms with Gasteiger partial charge >= 0.3 is 0 Å². The number of nitrogens with zero attached hydrogens (tertiary/aromatic N) is 1. The first kappa shape index (κ1) is 19.5. The minimum Gasteiger partial charge on any atom is -0.342 e. The Hall–Kier alpha value is -1.26. The number of halogens is 2. The van der Waals surface area contributed by atoms with Crippen molar-refractivity contribution in [3.63, 3.8) is 0 Å². The number of likely N-dealkylation sites (tertiary alicyclic amines) is 1. The number of carbonyl (C=O) groups excluding carboxylic acids is 2. The normalized spacial score (nSPS) is 24.3. The van der Waals surface area contributed by atoms with E-state index in [4.69, 9.17) is 23.2 Å². The first-order valence-corrected chi connectivity index (χ1v) is 10.2. The third kappa shape index (κ3) is 4.72. The number of benzene rings is 1. The van der Waals surface area contributed by atoms with Crippen molar-refractivity contribution in [2.75, 3.05) is 18.4 Å². The molecule has 1 N–H and O–H groups in total. The van der Waals surface area contributed by atoms with E-state index >= 15 is 0 Å². The highest BCUT2D eigenvalue weighted by atomic mass is 35.5. The van der Waals surface area contributed by atoms with Crippen LogP contribution in [0.5, 0.6) is 0 Å². The largest absolute Gasteiger partial charge is 0.342 e. The molecule has 0 spiro atoms. The standard InChI is InChI=1S/C20H26Cl2N2O2/c1-13-8-10-24(11-9-13)20(26)15-4-2-14(3-5-15)19(25)23-16-6-7-17(21)18(22)12-16/h6-7,12-15H,2-5,8-11H2,1H3,(H,23,25). The predicted octanol–water partition coefficient (Wildman–Crippen LogP) is 5.00. The van der Waals surface area contributed by atoms with E-state index in [0.717, 1.165) is 57.5 Å². The summed E-state index contributed by atoms with van der Waals surface area (Å²) >= 11 is 11.9. The molecule has 0 radical (unpaired) electrons. The van der Waals surface area contributed by atoms with E-state index in [1.54, 1.807) is 18.2 Å². The van der Waals surface area contributed by atoms with Crippen LogP contribution in [-0.4, -0.2) is 29.8 Å². The number of hydrogen-bond acceptors (Lipinski definition) is 2. The van der Waals surface area contributed by atoms with Crippen LogP contribution in [0.4, 0.5) is 5.69 Å². The molecule has 0 aromatic heterocycles. The van der Waals surface area contributed by atoms with Crippen molar-refractivity contribution in [1.29, 1.82) is 0 Å². The number of amides is 2. The van der Waals surface area contributed by atoms with E-state index in [0.29, 0.717) is 21.6 Å². The first-order valence-electron chi connectivity index (χ1n) is 9.48. The summed E-state index contributed by atoms with van der Waals surface area (Å²) in [5.74, 6) is 1.05. The molecule has 26 heavy (non-hydrogen) atoms. The summed E-state index contributed by atoms with van der Waals surface area (Å²) < 4.78 is 0. The van der Waals surface area contributed by atoms with Crippen LogP contribution in [0.2, 0.25) is 10.0 Å². The lowest BCUT2D eigenvalue weighted by molar-refractivity contribution is -0.139. The first-order chi connectivity index (χ1) is 12.4. The van der Waals surface area contributed by atoms with Crippen LogP contribution in [0.25, 0.3) is 0 Å². The highest BCUT2D eigenvalue weighted by molar-refractivity contribution is 6.42. The number of nitrogens with one attached hydrogen (secondary N) is 1. The molecule has 4 nitrogen and oxygen atoms in total. The van der Waals surface area contributed by atoms with Crippen LogP contribution in [0.15, 0.2) is 18.2 Å². The summed E-state index contributed by atoms with van der Waals surface area (Å²) in [6.07, 6.45) is 5.32. The maximum absolute atomic E-state index is 12.7. The smallest absolute Gasteiger partial charge is 0.227 e. The summed E-state index contributed by atoms with van der Waals surface area (Å²) in [6.45, 7) is 4.02. The molecule has 1 aromatic carbocycles. The molecule has 1 saturated carbocycles. The van der Waals surface area contributed by atoms with Crippen LogP contribution in [0.1, 0.15) is 45.4 Å². The van der Waals surface area contributed by atoms with Crippen LogP contribution in [0, 0.1) is 17.8 Å². The van der Waals surface area contributed by atoms with Gasteiger partial charge in [-0.25, -0.2) is 0 Å². The Balaban J connectivity index is 1.49. The predicted molar refractivity (Wildman–Crippen MR) is 106 cm³/mol. The maximum Gasteiger partial charge on any atom is 0.227 e. The van der Waals surface area contributed by atoms with Gasteiger partial charge in [0.15, 0.2) is 0 Å². The van der Waals surface area contributed by atoms with Gasteiger partial charge in [-0.05, 0) is 62.6 Å². The molecular weight excluding hydrogens is 371 g/mol. The summed E-state index contributed by atoms with van der Waals surface area (Å²) in [4.78, 5) is 27.2.